The summed E-state index contributed by atoms with van der Waals surface area (Å²) in [5.41, 5.74) is 2.54. The molecule has 3 aliphatic carbocycles. The van der Waals surface area contributed by atoms with E-state index in [-0.39, 0.29) is 18.2 Å². The molecule has 0 N–H and O–H groups in total. The van der Waals surface area contributed by atoms with E-state index in [9.17, 15) is 4.79 Å². The van der Waals surface area contributed by atoms with Crippen molar-refractivity contribution in [2.24, 2.45) is 11.8 Å². The number of amides is 1. The van der Waals surface area contributed by atoms with E-state index in [2.05, 4.69) is 23.1 Å². The van der Waals surface area contributed by atoms with E-state index in [0.29, 0.717) is 24.9 Å². The summed E-state index contributed by atoms with van der Waals surface area (Å²) in [6.07, 6.45) is 16.2. The zero-order valence-electron chi connectivity index (χ0n) is 18.1. The highest BCUT2D eigenvalue weighted by atomic mass is 35.5. The van der Waals surface area contributed by atoms with Crippen LogP contribution in [0.4, 0.5) is 4.79 Å². The predicted octanol–water partition coefficient (Wildman–Crippen LogP) is 5.08. The molecule has 166 valence electrons. The molecule has 0 bridgehead atoms. The number of piperazine rings is 1. The minimum absolute atomic E-state index is 0.113. The fourth-order valence-corrected chi connectivity index (χ4v) is 6.00. The maximum absolute atomic E-state index is 12.7. The lowest BCUT2D eigenvalue weighted by molar-refractivity contribution is 0.0214. The number of allylic oxidation sites excluding steroid dienone is 3. The van der Waals surface area contributed by atoms with Crippen molar-refractivity contribution in [1.82, 2.24) is 14.8 Å². The summed E-state index contributed by atoms with van der Waals surface area (Å²) in [7, 11) is 0. The molecule has 31 heavy (non-hydrogen) atoms. The van der Waals surface area contributed by atoms with Crippen molar-refractivity contribution in [3.63, 3.8) is 0 Å². The van der Waals surface area contributed by atoms with Crippen molar-refractivity contribution in [3.8, 4) is 0 Å². The second-order valence-corrected chi connectivity index (χ2v) is 9.79. The van der Waals surface area contributed by atoms with Gasteiger partial charge >= 0.3 is 6.09 Å². The molecule has 0 aromatic carbocycles. The molecule has 1 aliphatic heterocycles. The summed E-state index contributed by atoms with van der Waals surface area (Å²) in [5, 5.41) is 0.842. The van der Waals surface area contributed by atoms with E-state index in [4.69, 9.17) is 21.3 Å². The fourth-order valence-electron chi connectivity index (χ4n) is 5.76. The smallest absolute Gasteiger partial charge is 0.410 e. The standard InChI is InChI=1S/C25H32ClN3O2/c26-20-10-11-22-19(17-20)9-8-18-5-4-12-27-23(18)24(22)28-13-15-29(16-14-28)25(30)31-21-6-2-1-3-7-21/h4-5,10-12,17,19,21-22,24H,1-3,6-9,13-16H2/t19?,22-,24+/m1/s1. The van der Waals surface area contributed by atoms with Crippen molar-refractivity contribution in [1.29, 1.82) is 0 Å². The van der Waals surface area contributed by atoms with Crippen LogP contribution in [0.3, 0.4) is 0 Å². The summed E-state index contributed by atoms with van der Waals surface area (Å²) >= 11 is 6.36. The highest BCUT2D eigenvalue weighted by Gasteiger charge is 2.39. The number of hydrogen-bond acceptors (Lipinski definition) is 4. The van der Waals surface area contributed by atoms with Crippen molar-refractivity contribution in [2.75, 3.05) is 26.2 Å². The molecule has 0 spiro atoms. The predicted molar refractivity (Wildman–Crippen MR) is 122 cm³/mol. The van der Waals surface area contributed by atoms with E-state index in [1.165, 1.54) is 30.5 Å². The van der Waals surface area contributed by atoms with Crippen LogP contribution in [0.2, 0.25) is 0 Å². The zero-order chi connectivity index (χ0) is 21.2. The van der Waals surface area contributed by atoms with E-state index >= 15 is 0 Å². The molecule has 2 heterocycles. The third-order valence-electron chi connectivity index (χ3n) is 7.45. The number of aryl methyl sites for hydroxylation is 1. The van der Waals surface area contributed by atoms with Gasteiger partial charge in [-0.3, -0.25) is 9.88 Å². The zero-order valence-corrected chi connectivity index (χ0v) is 18.8. The fraction of sp³-hybridized carbons (Fsp3) is 0.600. The molecule has 5 nitrogen and oxygen atoms in total. The first-order valence-electron chi connectivity index (χ1n) is 11.9. The lowest BCUT2D eigenvalue weighted by atomic mass is 9.80. The molecular weight excluding hydrogens is 410 g/mol. The number of fused-ring (bicyclic) bond motifs is 2. The maximum Gasteiger partial charge on any atom is 0.410 e. The topological polar surface area (TPSA) is 45.7 Å². The van der Waals surface area contributed by atoms with Crippen molar-refractivity contribution < 1.29 is 9.53 Å². The molecule has 1 amide bonds. The van der Waals surface area contributed by atoms with Crippen LogP contribution < -0.4 is 0 Å². The van der Waals surface area contributed by atoms with Gasteiger partial charge in [0.25, 0.3) is 0 Å². The van der Waals surface area contributed by atoms with Gasteiger partial charge in [0.05, 0.1) is 11.7 Å². The van der Waals surface area contributed by atoms with Crippen LogP contribution in [0.25, 0.3) is 0 Å². The van der Waals surface area contributed by atoms with Crippen LogP contribution in [0.1, 0.15) is 55.8 Å². The Morgan fingerprint density at radius 3 is 2.71 bits per heavy atom. The minimum atomic E-state index is -0.129. The molecule has 5 rings (SSSR count). The summed E-state index contributed by atoms with van der Waals surface area (Å²) in [6.45, 7) is 3.10. The third-order valence-corrected chi connectivity index (χ3v) is 7.70. The third kappa shape index (κ3) is 4.54. The molecule has 1 aromatic heterocycles. The Morgan fingerprint density at radius 2 is 1.90 bits per heavy atom. The number of nitrogens with zero attached hydrogens (tertiary/aromatic N) is 3. The summed E-state index contributed by atoms with van der Waals surface area (Å²) < 4.78 is 5.81. The number of ether oxygens (including phenoxy) is 1. The molecule has 0 radical (unpaired) electrons. The number of pyridine rings is 1. The van der Waals surface area contributed by atoms with Crippen LogP contribution in [0, 0.1) is 11.8 Å². The molecule has 1 saturated heterocycles. The molecular formula is C25H32ClN3O2. The van der Waals surface area contributed by atoms with E-state index in [0.717, 1.165) is 43.8 Å². The lowest BCUT2D eigenvalue weighted by Gasteiger charge is -2.43. The van der Waals surface area contributed by atoms with E-state index in [1.54, 1.807) is 0 Å². The Hall–Kier alpha value is -1.85. The van der Waals surface area contributed by atoms with Crippen LogP contribution in [0.15, 0.2) is 41.6 Å². The van der Waals surface area contributed by atoms with Gasteiger partial charge in [-0.2, -0.15) is 0 Å². The van der Waals surface area contributed by atoms with Gasteiger partial charge in [-0.1, -0.05) is 36.2 Å². The van der Waals surface area contributed by atoms with Crippen LogP contribution >= 0.6 is 11.6 Å². The average molecular weight is 442 g/mol. The molecule has 4 aliphatic rings. The Bertz CT molecular complexity index is 856. The van der Waals surface area contributed by atoms with Crippen molar-refractivity contribution >= 4 is 17.7 Å². The first-order valence-corrected chi connectivity index (χ1v) is 12.3. The van der Waals surface area contributed by atoms with Crippen LogP contribution in [0.5, 0.6) is 0 Å². The van der Waals surface area contributed by atoms with Gasteiger partial charge < -0.3 is 9.64 Å². The second kappa shape index (κ2) is 9.33. The van der Waals surface area contributed by atoms with Gasteiger partial charge in [0.15, 0.2) is 0 Å². The number of rotatable bonds is 2. The highest BCUT2D eigenvalue weighted by molar-refractivity contribution is 6.31. The first-order chi connectivity index (χ1) is 15.2. The number of aromatic nitrogens is 1. The summed E-state index contributed by atoms with van der Waals surface area (Å²) in [4.78, 5) is 22.0. The molecule has 6 heteroatoms. The van der Waals surface area contributed by atoms with E-state index < -0.39 is 0 Å². The largest absolute Gasteiger partial charge is 0.446 e. The average Bonchev–Trinajstić information content (AvgIpc) is 2.96. The number of halogens is 1. The highest BCUT2D eigenvalue weighted by Crippen LogP contribution is 2.43. The molecule has 3 atom stereocenters. The van der Waals surface area contributed by atoms with E-state index in [1.807, 2.05) is 23.2 Å². The molecule has 2 fully saturated rings. The normalized spacial score (nSPS) is 29.5. The van der Waals surface area contributed by atoms with Gasteiger partial charge in [0.2, 0.25) is 0 Å². The molecule has 1 aromatic rings. The van der Waals surface area contributed by atoms with Gasteiger partial charge in [-0.25, -0.2) is 4.79 Å². The summed E-state index contributed by atoms with van der Waals surface area (Å²) in [6, 6.07) is 4.49. The number of carbonyl (C=O) groups is 1. The van der Waals surface area contributed by atoms with Crippen molar-refractivity contribution in [2.45, 2.75) is 57.1 Å². The van der Waals surface area contributed by atoms with Gasteiger partial charge in [-0.05, 0) is 62.1 Å². The monoisotopic (exact) mass is 441 g/mol. The van der Waals surface area contributed by atoms with Crippen LogP contribution in [-0.4, -0.2) is 53.2 Å². The lowest BCUT2D eigenvalue weighted by Crippen LogP contribution is -2.51. The SMILES string of the molecule is O=C(OC1CCCCC1)N1CCN([C@@H]2c3ncccc3CCC3C=C(Cl)C=C[C@H]32)CC1. The van der Waals surface area contributed by atoms with Gasteiger partial charge in [-0.15, -0.1) is 0 Å². The van der Waals surface area contributed by atoms with Crippen LogP contribution in [-0.2, 0) is 11.2 Å². The Kier molecular flexibility index (Phi) is 6.33. The van der Waals surface area contributed by atoms with Gasteiger partial charge in [0, 0.05) is 43.3 Å². The number of hydrogen-bond donors (Lipinski definition) is 0. The summed E-state index contributed by atoms with van der Waals surface area (Å²) in [5.74, 6) is 0.783. The Morgan fingerprint density at radius 1 is 1.10 bits per heavy atom. The van der Waals surface area contributed by atoms with Gasteiger partial charge in [0.1, 0.15) is 6.10 Å². The van der Waals surface area contributed by atoms with Crippen molar-refractivity contribution in [3.05, 3.63) is 52.8 Å². The number of carbonyl (C=O) groups excluding carboxylic acids is 1. The minimum Gasteiger partial charge on any atom is -0.446 e. The Labute approximate surface area is 190 Å². The molecule has 1 unspecified atom stereocenters. The quantitative estimate of drug-likeness (QED) is 0.642. The Balaban J connectivity index is 1.30. The molecule has 1 saturated carbocycles. The second-order valence-electron chi connectivity index (χ2n) is 9.35. The maximum atomic E-state index is 12.7. The first kappa shape index (κ1) is 21.0.